The van der Waals surface area contributed by atoms with E-state index in [9.17, 15) is 8.42 Å². The van der Waals surface area contributed by atoms with Crippen LogP contribution >= 0.6 is 0 Å². The third-order valence-electron chi connectivity index (χ3n) is 4.36. The van der Waals surface area contributed by atoms with E-state index in [1.165, 1.54) is 5.56 Å². The molecule has 0 amide bonds. The van der Waals surface area contributed by atoms with Crippen LogP contribution in [0.4, 0.5) is 0 Å². The Morgan fingerprint density at radius 1 is 0.917 bits per heavy atom. The van der Waals surface area contributed by atoms with Crippen molar-refractivity contribution < 1.29 is 13.2 Å². The van der Waals surface area contributed by atoms with Gasteiger partial charge >= 0.3 is 0 Å². The standard InChI is InChI=1S/C19H25NO3S/c1-12-9-14(3)18(11-13(12)2)16(5)20-24(21,22)17-7-8-19(23-6)15(4)10-17/h7-11,16,20H,1-6H3/t16-/m1/s1. The molecule has 1 atom stereocenters. The Kier molecular flexibility index (Phi) is 5.35. The lowest BCUT2D eigenvalue weighted by Crippen LogP contribution is -2.27. The molecule has 0 heterocycles. The summed E-state index contributed by atoms with van der Waals surface area (Å²) >= 11 is 0. The second-order valence-corrected chi connectivity index (χ2v) is 7.98. The Morgan fingerprint density at radius 2 is 1.54 bits per heavy atom. The van der Waals surface area contributed by atoms with E-state index in [1.54, 1.807) is 25.3 Å². The molecule has 0 radical (unpaired) electrons. The fourth-order valence-electron chi connectivity index (χ4n) is 2.83. The lowest BCUT2D eigenvalue weighted by Gasteiger charge is -2.19. The summed E-state index contributed by atoms with van der Waals surface area (Å²) < 4.78 is 33.3. The van der Waals surface area contributed by atoms with E-state index in [0.717, 1.165) is 22.3 Å². The van der Waals surface area contributed by atoms with Crippen LogP contribution < -0.4 is 9.46 Å². The topological polar surface area (TPSA) is 55.4 Å². The van der Waals surface area contributed by atoms with Gasteiger partial charge in [-0.2, -0.15) is 0 Å². The van der Waals surface area contributed by atoms with Crippen molar-refractivity contribution in [3.05, 3.63) is 58.1 Å². The van der Waals surface area contributed by atoms with Gasteiger partial charge in [-0.3, -0.25) is 0 Å². The summed E-state index contributed by atoms with van der Waals surface area (Å²) in [4.78, 5) is 0.245. The fraction of sp³-hybridized carbons (Fsp3) is 0.368. The summed E-state index contributed by atoms with van der Waals surface area (Å²) in [5.74, 6) is 0.673. The summed E-state index contributed by atoms with van der Waals surface area (Å²) in [5, 5.41) is 0. The Bertz CT molecular complexity index is 857. The maximum absolute atomic E-state index is 12.7. The molecule has 0 bridgehead atoms. The van der Waals surface area contributed by atoms with Crippen molar-refractivity contribution in [3.8, 4) is 5.75 Å². The van der Waals surface area contributed by atoms with Gasteiger partial charge in [0.2, 0.25) is 10.0 Å². The van der Waals surface area contributed by atoms with E-state index in [4.69, 9.17) is 4.74 Å². The van der Waals surface area contributed by atoms with E-state index < -0.39 is 10.0 Å². The molecule has 2 aromatic rings. The van der Waals surface area contributed by atoms with Gasteiger partial charge in [-0.15, -0.1) is 0 Å². The zero-order chi connectivity index (χ0) is 18.1. The first-order valence-electron chi connectivity index (χ1n) is 7.90. The SMILES string of the molecule is COc1ccc(S(=O)(=O)N[C@H](C)c2cc(C)c(C)cc2C)cc1C. The zero-order valence-corrected chi connectivity index (χ0v) is 15.9. The third kappa shape index (κ3) is 3.79. The van der Waals surface area contributed by atoms with E-state index in [0.29, 0.717) is 5.75 Å². The minimum absolute atomic E-state index is 0.245. The van der Waals surface area contributed by atoms with Crippen LogP contribution in [-0.2, 0) is 10.0 Å². The molecule has 0 aromatic heterocycles. The van der Waals surface area contributed by atoms with E-state index >= 15 is 0 Å². The lowest BCUT2D eigenvalue weighted by atomic mass is 9.97. The largest absolute Gasteiger partial charge is 0.496 e. The first kappa shape index (κ1) is 18.5. The molecule has 24 heavy (non-hydrogen) atoms. The third-order valence-corrected chi connectivity index (χ3v) is 5.90. The van der Waals surface area contributed by atoms with E-state index in [2.05, 4.69) is 23.8 Å². The summed E-state index contributed by atoms with van der Waals surface area (Å²) in [5.41, 5.74) is 5.22. The second kappa shape index (κ2) is 6.95. The predicted octanol–water partition coefficient (Wildman–Crippen LogP) is 3.97. The molecule has 1 N–H and O–H groups in total. The average Bonchev–Trinajstić information content (AvgIpc) is 2.50. The molecule has 0 unspecified atom stereocenters. The summed E-state index contributed by atoms with van der Waals surface area (Å²) in [7, 11) is -2.03. The average molecular weight is 347 g/mol. The van der Waals surface area contributed by atoms with Crippen LogP contribution in [0, 0.1) is 27.7 Å². The van der Waals surface area contributed by atoms with Crippen LogP contribution in [-0.4, -0.2) is 15.5 Å². The van der Waals surface area contributed by atoms with Crippen molar-refractivity contribution in [1.82, 2.24) is 4.72 Å². The Hall–Kier alpha value is -1.85. The highest BCUT2D eigenvalue weighted by atomic mass is 32.2. The van der Waals surface area contributed by atoms with Crippen LogP contribution in [0.5, 0.6) is 5.75 Å². The first-order chi connectivity index (χ1) is 11.2. The van der Waals surface area contributed by atoms with Crippen molar-refractivity contribution in [3.63, 3.8) is 0 Å². The molecule has 0 saturated carbocycles. The Labute approximate surface area is 144 Å². The minimum Gasteiger partial charge on any atom is -0.496 e. The molecular weight excluding hydrogens is 322 g/mol. The monoisotopic (exact) mass is 347 g/mol. The smallest absolute Gasteiger partial charge is 0.241 e. The fourth-order valence-corrected chi connectivity index (χ4v) is 4.14. The highest BCUT2D eigenvalue weighted by molar-refractivity contribution is 7.89. The molecule has 5 heteroatoms. The molecule has 0 aliphatic carbocycles. The molecule has 0 aliphatic heterocycles. The molecule has 2 rings (SSSR count). The van der Waals surface area contributed by atoms with E-state index in [1.807, 2.05) is 27.7 Å². The zero-order valence-electron chi connectivity index (χ0n) is 15.1. The number of rotatable bonds is 5. The van der Waals surface area contributed by atoms with Crippen LogP contribution in [0.3, 0.4) is 0 Å². The maximum atomic E-state index is 12.7. The van der Waals surface area contributed by atoms with Gasteiger partial charge in [-0.05, 0) is 80.6 Å². The van der Waals surface area contributed by atoms with Crippen LogP contribution in [0.25, 0.3) is 0 Å². The van der Waals surface area contributed by atoms with Gasteiger partial charge in [0.15, 0.2) is 0 Å². The highest BCUT2D eigenvalue weighted by Gasteiger charge is 2.20. The normalized spacial score (nSPS) is 12.9. The second-order valence-electron chi connectivity index (χ2n) is 6.27. The number of sulfonamides is 1. The van der Waals surface area contributed by atoms with E-state index in [-0.39, 0.29) is 10.9 Å². The Morgan fingerprint density at radius 3 is 2.12 bits per heavy atom. The summed E-state index contributed by atoms with van der Waals surface area (Å²) in [6, 6.07) is 8.70. The van der Waals surface area contributed by atoms with Crippen molar-refractivity contribution in [2.75, 3.05) is 7.11 Å². The molecule has 0 saturated heterocycles. The van der Waals surface area contributed by atoms with Gasteiger partial charge < -0.3 is 4.74 Å². The lowest BCUT2D eigenvalue weighted by molar-refractivity contribution is 0.411. The van der Waals surface area contributed by atoms with Gasteiger partial charge in [0.1, 0.15) is 5.75 Å². The first-order valence-corrected chi connectivity index (χ1v) is 9.38. The Balaban J connectivity index is 2.32. The van der Waals surface area contributed by atoms with Crippen molar-refractivity contribution in [2.24, 2.45) is 0 Å². The molecular formula is C19H25NO3S. The van der Waals surface area contributed by atoms with Gasteiger partial charge in [-0.1, -0.05) is 12.1 Å². The van der Waals surface area contributed by atoms with Gasteiger partial charge in [0.05, 0.1) is 12.0 Å². The van der Waals surface area contributed by atoms with Gasteiger partial charge in [-0.25, -0.2) is 13.1 Å². The highest BCUT2D eigenvalue weighted by Crippen LogP contribution is 2.25. The van der Waals surface area contributed by atoms with Crippen molar-refractivity contribution in [1.29, 1.82) is 0 Å². The number of benzene rings is 2. The predicted molar refractivity (Wildman–Crippen MR) is 97.1 cm³/mol. The maximum Gasteiger partial charge on any atom is 0.241 e. The molecule has 2 aromatic carbocycles. The minimum atomic E-state index is -3.60. The quantitative estimate of drug-likeness (QED) is 0.890. The summed E-state index contributed by atoms with van der Waals surface area (Å²) in [6.07, 6.45) is 0. The number of nitrogens with one attached hydrogen (secondary N) is 1. The van der Waals surface area contributed by atoms with Crippen LogP contribution in [0.15, 0.2) is 35.2 Å². The number of hydrogen-bond donors (Lipinski definition) is 1. The van der Waals surface area contributed by atoms with Gasteiger partial charge in [0, 0.05) is 6.04 Å². The molecule has 0 fully saturated rings. The molecule has 4 nitrogen and oxygen atoms in total. The number of ether oxygens (including phenoxy) is 1. The van der Waals surface area contributed by atoms with Crippen LogP contribution in [0.2, 0.25) is 0 Å². The number of aryl methyl sites for hydroxylation is 4. The van der Waals surface area contributed by atoms with Gasteiger partial charge in [0.25, 0.3) is 0 Å². The summed E-state index contributed by atoms with van der Waals surface area (Å²) in [6.45, 7) is 9.79. The van der Waals surface area contributed by atoms with Crippen molar-refractivity contribution in [2.45, 2.75) is 45.6 Å². The van der Waals surface area contributed by atoms with Crippen LogP contribution in [0.1, 0.15) is 40.8 Å². The molecule has 130 valence electrons. The molecule has 0 aliphatic rings. The number of hydrogen-bond acceptors (Lipinski definition) is 3. The molecule has 0 spiro atoms. The number of methoxy groups -OCH3 is 1. The van der Waals surface area contributed by atoms with Crippen molar-refractivity contribution >= 4 is 10.0 Å².